The molecule has 4 rings (SSSR count). The second-order valence-corrected chi connectivity index (χ2v) is 11.7. The van der Waals surface area contributed by atoms with Crippen LogP contribution in [-0.2, 0) is 16.4 Å². The van der Waals surface area contributed by atoms with E-state index in [1.807, 2.05) is 49.4 Å². The molecule has 2 atom stereocenters. The number of aryl methyl sites for hydroxylation is 1. The first-order valence-corrected chi connectivity index (χ1v) is 13.2. The Labute approximate surface area is 191 Å². The number of Topliss-reactive ketones (excluding diaryl/α,β-unsaturated/α-hetero) is 1. The molecular formula is C23H23ClN2O3S2. The van der Waals surface area contributed by atoms with Crippen molar-refractivity contribution in [1.29, 1.82) is 0 Å². The lowest BCUT2D eigenvalue weighted by Gasteiger charge is -2.23. The van der Waals surface area contributed by atoms with Crippen LogP contribution in [0.1, 0.15) is 38.8 Å². The zero-order valence-corrected chi connectivity index (χ0v) is 19.7. The number of nitrogens with zero attached hydrogens (tertiary/aromatic N) is 2. The van der Waals surface area contributed by atoms with E-state index < -0.39 is 21.4 Å². The molecule has 162 valence electrons. The number of ketones is 1. The van der Waals surface area contributed by atoms with Crippen molar-refractivity contribution in [3.05, 3.63) is 81.3 Å². The largest absolute Gasteiger partial charge is 0.340 e. The van der Waals surface area contributed by atoms with E-state index in [4.69, 9.17) is 11.6 Å². The van der Waals surface area contributed by atoms with Crippen LogP contribution in [0.5, 0.6) is 0 Å². The minimum absolute atomic E-state index is 0.253. The molecule has 5 nitrogen and oxygen atoms in total. The van der Waals surface area contributed by atoms with Crippen LogP contribution in [0.4, 0.5) is 5.13 Å². The van der Waals surface area contributed by atoms with Gasteiger partial charge in [0, 0.05) is 34.7 Å². The third kappa shape index (κ3) is 5.34. The van der Waals surface area contributed by atoms with Gasteiger partial charge in [-0.15, -0.1) is 11.3 Å². The summed E-state index contributed by atoms with van der Waals surface area (Å²) in [5, 5.41) is 1.43. The third-order valence-electron chi connectivity index (χ3n) is 5.34. The zero-order valence-electron chi connectivity index (χ0n) is 17.3. The number of hydrogen-bond acceptors (Lipinski definition) is 6. The summed E-state index contributed by atoms with van der Waals surface area (Å²) in [5.41, 5.74) is 2.64. The molecule has 0 unspecified atom stereocenters. The first-order valence-electron chi connectivity index (χ1n) is 9.95. The van der Waals surface area contributed by atoms with Crippen molar-refractivity contribution in [2.75, 3.05) is 16.9 Å². The molecule has 0 amide bonds. The second kappa shape index (κ2) is 8.73. The Morgan fingerprint density at radius 2 is 1.84 bits per heavy atom. The SMILES string of the molecule is Cc1sc(N(Cc2ccc(Cl)cc2)[C@H]2C[C@@H]2c2ccccc2)nc1C(=O)CS(C)(=O)=O. The first kappa shape index (κ1) is 22.0. The first-order chi connectivity index (χ1) is 14.7. The lowest BCUT2D eigenvalue weighted by Crippen LogP contribution is -2.26. The number of carbonyl (C=O) groups is 1. The highest BCUT2D eigenvalue weighted by atomic mass is 35.5. The van der Waals surface area contributed by atoms with Crippen LogP contribution in [0.2, 0.25) is 5.02 Å². The van der Waals surface area contributed by atoms with Gasteiger partial charge < -0.3 is 4.90 Å². The molecule has 3 aromatic rings. The molecule has 1 saturated carbocycles. The van der Waals surface area contributed by atoms with Gasteiger partial charge in [-0.1, -0.05) is 54.1 Å². The fraction of sp³-hybridized carbons (Fsp3) is 0.304. The summed E-state index contributed by atoms with van der Waals surface area (Å²) < 4.78 is 23.2. The summed E-state index contributed by atoms with van der Waals surface area (Å²) in [4.78, 5) is 20.1. The molecule has 1 aliphatic carbocycles. The van der Waals surface area contributed by atoms with Crippen LogP contribution >= 0.6 is 22.9 Å². The van der Waals surface area contributed by atoms with Gasteiger partial charge in [-0.3, -0.25) is 4.79 Å². The molecule has 8 heteroatoms. The molecule has 0 aliphatic heterocycles. The molecule has 1 aromatic heterocycles. The van der Waals surface area contributed by atoms with Gasteiger partial charge in [0.05, 0.1) is 0 Å². The van der Waals surface area contributed by atoms with Crippen molar-refractivity contribution in [3.63, 3.8) is 0 Å². The third-order valence-corrected chi connectivity index (χ3v) is 7.39. The van der Waals surface area contributed by atoms with Gasteiger partial charge in [0.1, 0.15) is 11.4 Å². The van der Waals surface area contributed by atoms with Gasteiger partial charge in [0.25, 0.3) is 0 Å². The summed E-state index contributed by atoms with van der Waals surface area (Å²) in [6, 6.07) is 18.4. The Hall–Kier alpha value is -2.22. The molecule has 1 aliphatic rings. The van der Waals surface area contributed by atoms with Crippen LogP contribution in [0.15, 0.2) is 54.6 Å². The van der Waals surface area contributed by atoms with Crippen molar-refractivity contribution in [1.82, 2.24) is 4.98 Å². The van der Waals surface area contributed by atoms with E-state index in [9.17, 15) is 13.2 Å². The number of aromatic nitrogens is 1. The molecule has 0 radical (unpaired) electrons. The van der Waals surface area contributed by atoms with Crippen molar-refractivity contribution in [2.45, 2.75) is 31.8 Å². The number of anilines is 1. The number of thiazole rings is 1. The van der Waals surface area contributed by atoms with Gasteiger partial charge in [0.15, 0.2) is 20.8 Å². The fourth-order valence-corrected chi connectivity index (χ4v) is 5.49. The standard InChI is InChI=1S/C23H23ClN2O3S2/c1-15-22(21(27)14-31(2,28)29)25-23(30-15)26(13-16-8-10-18(24)11-9-16)20-12-19(20)17-6-4-3-5-7-17/h3-11,19-20H,12-14H2,1-2H3/t19-,20+/m1/s1. The fourth-order valence-electron chi connectivity index (χ4n) is 3.77. The minimum Gasteiger partial charge on any atom is -0.340 e. The van der Waals surface area contributed by atoms with Gasteiger partial charge in [-0.25, -0.2) is 13.4 Å². The van der Waals surface area contributed by atoms with Gasteiger partial charge in [-0.2, -0.15) is 0 Å². The Morgan fingerprint density at radius 1 is 1.16 bits per heavy atom. The summed E-state index contributed by atoms with van der Waals surface area (Å²) in [7, 11) is -3.41. The molecule has 0 spiro atoms. The lowest BCUT2D eigenvalue weighted by molar-refractivity contribution is 0.101. The molecule has 2 aromatic carbocycles. The van der Waals surface area contributed by atoms with E-state index in [1.165, 1.54) is 16.9 Å². The molecule has 0 saturated heterocycles. The van der Waals surface area contributed by atoms with E-state index >= 15 is 0 Å². The van der Waals surface area contributed by atoms with Gasteiger partial charge >= 0.3 is 0 Å². The highest BCUT2D eigenvalue weighted by molar-refractivity contribution is 7.91. The van der Waals surface area contributed by atoms with Crippen LogP contribution in [0.25, 0.3) is 0 Å². The predicted octanol–water partition coefficient (Wildman–Crippen LogP) is 4.89. The van der Waals surface area contributed by atoms with Crippen molar-refractivity contribution in [3.8, 4) is 0 Å². The maximum absolute atomic E-state index is 12.5. The van der Waals surface area contributed by atoms with E-state index in [0.717, 1.165) is 28.2 Å². The zero-order chi connectivity index (χ0) is 22.2. The monoisotopic (exact) mass is 474 g/mol. The molecule has 0 bridgehead atoms. The Balaban J connectivity index is 1.64. The minimum atomic E-state index is -3.41. The van der Waals surface area contributed by atoms with E-state index in [2.05, 4.69) is 22.0 Å². The second-order valence-electron chi connectivity index (χ2n) is 7.97. The molecule has 1 heterocycles. The van der Waals surface area contributed by atoms with Gasteiger partial charge in [0.2, 0.25) is 0 Å². The van der Waals surface area contributed by atoms with Crippen LogP contribution in [0, 0.1) is 6.92 Å². The number of sulfone groups is 1. The lowest BCUT2D eigenvalue weighted by atomic mass is 10.1. The van der Waals surface area contributed by atoms with Crippen molar-refractivity contribution >= 4 is 43.7 Å². The van der Waals surface area contributed by atoms with E-state index in [-0.39, 0.29) is 11.7 Å². The number of carbonyl (C=O) groups excluding carboxylic acids is 1. The van der Waals surface area contributed by atoms with E-state index in [0.29, 0.717) is 17.5 Å². The maximum Gasteiger partial charge on any atom is 0.197 e. The van der Waals surface area contributed by atoms with Crippen LogP contribution < -0.4 is 4.90 Å². The predicted molar refractivity (Wildman–Crippen MR) is 126 cm³/mol. The van der Waals surface area contributed by atoms with Crippen molar-refractivity contribution in [2.24, 2.45) is 0 Å². The summed E-state index contributed by atoms with van der Waals surface area (Å²) in [5.74, 6) is -0.582. The van der Waals surface area contributed by atoms with E-state index in [1.54, 1.807) is 0 Å². The maximum atomic E-state index is 12.5. The molecule has 31 heavy (non-hydrogen) atoms. The summed E-state index contributed by atoms with van der Waals surface area (Å²) >= 11 is 7.48. The number of rotatable bonds is 8. The Kier molecular flexibility index (Phi) is 6.19. The quantitative estimate of drug-likeness (QED) is 0.434. The summed E-state index contributed by atoms with van der Waals surface area (Å²) in [6.07, 6.45) is 2.07. The van der Waals surface area contributed by atoms with Crippen molar-refractivity contribution < 1.29 is 13.2 Å². The van der Waals surface area contributed by atoms with Gasteiger partial charge in [-0.05, 0) is 36.6 Å². The average Bonchev–Trinajstić information content (AvgIpc) is 3.41. The highest BCUT2D eigenvalue weighted by Crippen LogP contribution is 2.47. The molecule has 1 fully saturated rings. The molecule has 0 N–H and O–H groups in total. The number of benzene rings is 2. The summed E-state index contributed by atoms with van der Waals surface area (Å²) in [6.45, 7) is 2.45. The molecular weight excluding hydrogens is 452 g/mol. The normalized spacial score (nSPS) is 18.0. The Bertz CT molecular complexity index is 1190. The van der Waals surface area contributed by atoms with Crippen LogP contribution in [0.3, 0.4) is 0 Å². The number of hydrogen-bond donors (Lipinski definition) is 0. The number of halogens is 1. The average molecular weight is 475 g/mol. The van der Waals surface area contributed by atoms with Crippen LogP contribution in [-0.4, -0.2) is 37.2 Å². The topological polar surface area (TPSA) is 67.3 Å². The smallest absolute Gasteiger partial charge is 0.197 e. The Morgan fingerprint density at radius 3 is 2.48 bits per heavy atom. The highest BCUT2D eigenvalue weighted by Gasteiger charge is 2.44.